The van der Waals surface area contributed by atoms with Gasteiger partial charge in [0.1, 0.15) is 0 Å². The molecule has 0 saturated heterocycles. The Balaban J connectivity index is 1.81. The maximum absolute atomic E-state index is 8.98. The SMILES string of the molecule is N#CC(C#N)c1ccc(-c2ccc(-c3ccc(C(C#N)C#N)cc3)cc2)cc1. The molecule has 0 atom stereocenters. The van der Waals surface area contributed by atoms with Crippen LogP contribution in [0.1, 0.15) is 23.0 Å². The third-order valence-electron chi connectivity index (χ3n) is 4.56. The summed E-state index contributed by atoms with van der Waals surface area (Å²) in [4.78, 5) is 0. The Morgan fingerprint density at radius 3 is 0.821 bits per heavy atom. The number of rotatable bonds is 4. The van der Waals surface area contributed by atoms with Gasteiger partial charge in [-0.25, -0.2) is 0 Å². The third-order valence-corrected chi connectivity index (χ3v) is 4.56. The molecule has 0 unspecified atom stereocenters. The molecule has 0 radical (unpaired) electrons. The summed E-state index contributed by atoms with van der Waals surface area (Å²) < 4.78 is 0. The monoisotopic (exact) mass is 358 g/mol. The fraction of sp³-hybridized carbons (Fsp3) is 0.0833. The van der Waals surface area contributed by atoms with E-state index in [9.17, 15) is 0 Å². The van der Waals surface area contributed by atoms with Crippen molar-refractivity contribution in [1.29, 1.82) is 21.0 Å². The Hall–Kier alpha value is -4.38. The quantitative estimate of drug-likeness (QED) is 0.633. The molecule has 3 aromatic carbocycles. The van der Waals surface area contributed by atoms with Crippen molar-refractivity contribution in [3.8, 4) is 46.5 Å². The second-order valence-electron chi connectivity index (χ2n) is 6.20. The summed E-state index contributed by atoms with van der Waals surface area (Å²) in [6, 6.07) is 30.8. The highest BCUT2D eigenvalue weighted by Crippen LogP contribution is 2.27. The highest BCUT2D eigenvalue weighted by atomic mass is 14.3. The zero-order valence-corrected chi connectivity index (χ0v) is 14.9. The molecule has 0 fully saturated rings. The minimum atomic E-state index is -0.749. The zero-order chi connectivity index (χ0) is 19.9. The Labute approximate surface area is 163 Å². The Bertz CT molecular complexity index is 1010. The molecule has 0 N–H and O–H groups in total. The van der Waals surface area contributed by atoms with Gasteiger partial charge >= 0.3 is 0 Å². The lowest BCUT2D eigenvalue weighted by molar-refractivity contribution is 1.10. The van der Waals surface area contributed by atoms with Gasteiger partial charge in [0.15, 0.2) is 11.8 Å². The lowest BCUT2D eigenvalue weighted by Crippen LogP contribution is -1.91. The predicted octanol–water partition coefficient (Wildman–Crippen LogP) is 5.28. The molecule has 3 aromatic rings. The first kappa shape index (κ1) is 18.4. The van der Waals surface area contributed by atoms with E-state index in [1.807, 2.05) is 72.8 Å². The molecule has 3 rings (SSSR count). The normalized spacial score (nSPS) is 9.93. The number of hydrogen-bond donors (Lipinski definition) is 0. The standard InChI is InChI=1S/C24H14N4/c25-13-23(14-26)21-9-5-19(6-10-21)17-1-2-18(4-3-17)20-7-11-22(12-8-20)24(15-27)16-28/h1-12,23-24H. The predicted molar refractivity (Wildman–Crippen MR) is 105 cm³/mol. The van der Waals surface area contributed by atoms with E-state index in [1.54, 1.807) is 24.3 Å². The van der Waals surface area contributed by atoms with Crippen molar-refractivity contribution >= 4 is 0 Å². The van der Waals surface area contributed by atoms with Gasteiger partial charge in [0.05, 0.1) is 24.3 Å². The van der Waals surface area contributed by atoms with Gasteiger partial charge in [0, 0.05) is 0 Å². The van der Waals surface area contributed by atoms with Gasteiger partial charge in [-0.1, -0.05) is 72.8 Å². The molecule has 4 nitrogen and oxygen atoms in total. The summed E-state index contributed by atoms with van der Waals surface area (Å²) in [5, 5.41) is 35.9. The van der Waals surface area contributed by atoms with Crippen LogP contribution in [-0.4, -0.2) is 0 Å². The molecule has 0 aromatic heterocycles. The van der Waals surface area contributed by atoms with Crippen molar-refractivity contribution in [1.82, 2.24) is 0 Å². The maximum Gasteiger partial charge on any atom is 0.158 e. The molecule has 0 aliphatic rings. The van der Waals surface area contributed by atoms with E-state index in [-0.39, 0.29) is 0 Å². The van der Waals surface area contributed by atoms with E-state index in [4.69, 9.17) is 21.0 Å². The van der Waals surface area contributed by atoms with Gasteiger partial charge in [0.25, 0.3) is 0 Å². The van der Waals surface area contributed by atoms with E-state index in [0.29, 0.717) is 11.1 Å². The first-order chi connectivity index (χ1) is 13.7. The molecule has 0 bridgehead atoms. The van der Waals surface area contributed by atoms with Crippen LogP contribution in [0.2, 0.25) is 0 Å². The van der Waals surface area contributed by atoms with Crippen molar-refractivity contribution in [2.24, 2.45) is 0 Å². The van der Waals surface area contributed by atoms with E-state index >= 15 is 0 Å². The van der Waals surface area contributed by atoms with Crippen LogP contribution < -0.4 is 0 Å². The van der Waals surface area contributed by atoms with Gasteiger partial charge in [-0.15, -0.1) is 0 Å². The number of nitrogens with zero attached hydrogens (tertiary/aromatic N) is 4. The van der Waals surface area contributed by atoms with Gasteiger partial charge in [-0.2, -0.15) is 21.0 Å². The molecule has 130 valence electrons. The third kappa shape index (κ3) is 3.73. The van der Waals surface area contributed by atoms with Crippen LogP contribution in [0, 0.1) is 45.3 Å². The summed E-state index contributed by atoms with van der Waals surface area (Å²) in [6.45, 7) is 0. The van der Waals surface area contributed by atoms with E-state index in [1.165, 1.54) is 0 Å². The van der Waals surface area contributed by atoms with Crippen LogP contribution in [0.4, 0.5) is 0 Å². The van der Waals surface area contributed by atoms with E-state index < -0.39 is 11.8 Å². The van der Waals surface area contributed by atoms with Crippen LogP contribution >= 0.6 is 0 Å². The van der Waals surface area contributed by atoms with Gasteiger partial charge in [-0.3, -0.25) is 0 Å². The van der Waals surface area contributed by atoms with Crippen molar-refractivity contribution in [3.63, 3.8) is 0 Å². The minimum absolute atomic E-state index is 0.693. The molecule has 28 heavy (non-hydrogen) atoms. The summed E-state index contributed by atoms with van der Waals surface area (Å²) in [6.07, 6.45) is 0. The smallest absolute Gasteiger partial charge is 0.158 e. The average Bonchev–Trinajstić information content (AvgIpc) is 2.77. The summed E-state index contributed by atoms with van der Waals surface area (Å²) in [7, 11) is 0. The van der Waals surface area contributed by atoms with Gasteiger partial charge < -0.3 is 0 Å². The highest BCUT2D eigenvalue weighted by molar-refractivity contribution is 5.71. The highest BCUT2D eigenvalue weighted by Gasteiger charge is 2.10. The van der Waals surface area contributed by atoms with Crippen LogP contribution in [0.15, 0.2) is 72.8 Å². The van der Waals surface area contributed by atoms with Crippen molar-refractivity contribution in [2.75, 3.05) is 0 Å². The second kappa shape index (κ2) is 8.33. The molecule has 0 spiro atoms. The van der Waals surface area contributed by atoms with Crippen molar-refractivity contribution in [2.45, 2.75) is 11.8 Å². The average molecular weight is 358 g/mol. The molecule has 0 amide bonds. The molecule has 0 aliphatic carbocycles. The Morgan fingerprint density at radius 1 is 0.393 bits per heavy atom. The summed E-state index contributed by atoms with van der Waals surface area (Å²) in [5.41, 5.74) is 5.46. The van der Waals surface area contributed by atoms with Crippen LogP contribution in [0.25, 0.3) is 22.3 Å². The molecular formula is C24H14N4. The fourth-order valence-corrected chi connectivity index (χ4v) is 2.95. The Kier molecular flexibility index (Phi) is 5.48. The molecular weight excluding hydrogens is 344 g/mol. The molecule has 0 heterocycles. The van der Waals surface area contributed by atoms with Crippen molar-refractivity contribution in [3.05, 3.63) is 83.9 Å². The van der Waals surface area contributed by atoms with Crippen LogP contribution in [0.3, 0.4) is 0 Å². The fourth-order valence-electron chi connectivity index (χ4n) is 2.95. The summed E-state index contributed by atoms with van der Waals surface area (Å²) >= 11 is 0. The Morgan fingerprint density at radius 2 is 0.607 bits per heavy atom. The largest absolute Gasteiger partial charge is 0.196 e. The molecule has 0 saturated carbocycles. The minimum Gasteiger partial charge on any atom is -0.196 e. The van der Waals surface area contributed by atoms with E-state index in [0.717, 1.165) is 22.3 Å². The molecule has 4 heteroatoms. The van der Waals surface area contributed by atoms with Crippen LogP contribution in [0.5, 0.6) is 0 Å². The number of nitriles is 4. The lowest BCUT2D eigenvalue weighted by atomic mass is 9.95. The maximum atomic E-state index is 8.98. The van der Waals surface area contributed by atoms with Crippen LogP contribution in [-0.2, 0) is 0 Å². The first-order valence-corrected chi connectivity index (χ1v) is 8.59. The topological polar surface area (TPSA) is 95.2 Å². The van der Waals surface area contributed by atoms with Gasteiger partial charge in [0.2, 0.25) is 0 Å². The number of hydrogen-bond acceptors (Lipinski definition) is 4. The zero-order valence-electron chi connectivity index (χ0n) is 14.9. The number of benzene rings is 3. The van der Waals surface area contributed by atoms with Gasteiger partial charge in [-0.05, 0) is 33.4 Å². The van der Waals surface area contributed by atoms with Crippen molar-refractivity contribution < 1.29 is 0 Å². The first-order valence-electron chi connectivity index (χ1n) is 8.59. The molecule has 0 aliphatic heterocycles. The van der Waals surface area contributed by atoms with E-state index in [2.05, 4.69) is 0 Å². The summed E-state index contributed by atoms with van der Waals surface area (Å²) in [5.74, 6) is -1.50. The lowest BCUT2D eigenvalue weighted by Gasteiger charge is -2.08. The second-order valence-corrected chi connectivity index (χ2v) is 6.20.